The highest BCUT2D eigenvalue weighted by atomic mass is 16.5. The first-order valence-electron chi connectivity index (χ1n) is 8.95. The number of amides is 1. The van der Waals surface area contributed by atoms with Gasteiger partial charge in [0.05, 0.1) is 6.61 Å². The van der Waals surface area contributed by atoms with Crippen LogP contribution in [0.2, 0.25) is 0 Å². The molecule has 1 fully saturated rings. The molecule has 0 unspecified atom stereocenters. The normalized spacial score (nSPS) is 20.2. The molecular weight excluding hydrogens is 318 g/mol. The predicted octanol–water partition coefficient (Wildman–Crippen LogP) is 3.34. The van der Waals surface area contributed by atoms with Crippen molar-refractivity contribution in [1.29, 1.82) is 0 Å². The van der Waals surface area contributed by atoms with E-state index in [1.54, 1.807) is 6.08 Å². The van der Waals surface area contributed by atoms with Gasteiger partial charge in [-0.2, -0.15) is 0 Å². The predicted molar refractivity (Wildman–Crippen MR) is 97.2 cm³/mol. The molecule has 136 valence electrons. The van der Waals surface area contributed by atoms with E-state index >= 15 is 0 Å². The monoisotopic (exact) mass is 345 g/mol. The Kier molecular flexibility index (Phi) is 7.51. The fourth-order valence-electron chi connectivity index (χ4n) is 2.97. The zero-order chi connectivity index (χ0) is 18.1. The molecule has 0 heterocycles. The molecule has 1 aliphatic carbocycles. The van der Waals surface area contributed by atoms with Crippen LogP contribution in [0.5, 0.6) is 5.75 Å². The van der Waals surface area contributed by atoms with Gasteiger partial charge in [0.25, 0.3) is 5.91 Å². The van der Waals surface area contributed by atoms with Crippen molar-refractivity contribution in [3.8, 4) is 5.75 Å². The summed E-state index contributed by atoms with van der Waals surface area (Å²) in [7, 11) is 0. The van der Waals surface area contributed by atoms with Gasteiger partial charge in [0.2, 0.25) is 0 Å². The van der Waals surface area contributed by atoms with Gasteiger partial charge in [-0.25, -0.2) is 4.79 Å². The molecule has 1 amide bonds. The molecule has 1 aromatic rings. The lowest BCUT2D eigenvalue weighted by molar-refractivity contribution is -0.144. The van der Waals surface area contributed by atoms with E-state index in [0.717, 1.165) is 30.6 Å². The summed E-state index contributed by atoms with van der Waals surface area (Å²) in [6.07, 6.45) is 7.47. The minimum absolute atomic E-state index is 0.194. The lowest BCUT2D eigenvalue weighted by atomic mass is 9.86. The maximum Gasteiger partial charge on any atom is 0.331 e. The number of benzene rings is 1. The number of carbonyl (C=O) groups excluding carboxylic acids is 2. The van der Waals surface area contributed by atoms with Gasteiger partial charge in [-0.05, 0) is 49.5 Å². The van der Waals surface area contributed by atoms with Crippen LogP contribution in [-0.4, -0.2) is 31.1 Å². The SMILES string of the molecule is CCOc1ccc(/C=C/C(=O)OCC(=O)N[C@@H]2CCCC[C@@H]2C)cc1. The Hall–Kier alpha value is -2.30. The smallest absolute Gasteiger partial charge is 0.331 e. The number of hydrogen-bond acceptors (Lipinski definition) is 4. The lowest BCUT2D eigenvalue weighted by Gasteiger charge is -2.29. The van der Waals surface area contributed by atoms with Crippen molar-refractivity contribution in [2.24, 2.45) is 5.92 Å². The van der Waals surface area contributed by atoms with E-state index in [4.69, 9.17) is 9.47 Å². The van der Waals surface area contributed by atoms with Crippen LogP contribution in [0.25, 0.3) is 6.08 Å². The van der Waals surface area contributed by atoms with Crippen molar-refractivity contribution in [3.05, 3.63) is 35.9 Å². The number of rotatable bonds is 7. The van der Waals surface area contributed by atoms with Crippen molar-refractivity contribution < 1.29 is 19.1 Å². The van der Waals surface area contributed by atoms with Crippen LogP contribution in [-0.2, 0) is 14.3 Å². The summed E-state index contributed by atoms with van der Waals surface area (Å²) >= 11 is 0. The molecule has 25 heavy (non-hydrogen) atoms. The van der Waals surface area contributed by atoms with E-state index in [1.807, 2.05) is 31.2 Å². The number of esters is 1. The largest absolute Gasteiger partial charge is 0.494 e. The molecule has 5 heteroatoms. The molecule has 0 saturated heterocycles. The molecule has 1 aliphatic rings. The molecule has 1 N–H and O–H groups in total. The van der Waals surface area contributed by atoms with Gasteiger partial charge in [0, 0.05) is 12.1 Å². The Balaban J connectivity index is 1.73. The quantitative estimate of drug-likeness (QED) is 0.608. The summed E-state index contributed by atoms with van der Waals surface area (Å²) in [5.41, 5.74) is 0.862. The van der Waals surface area contributed by atoms with E-state index in [0.29, 0.717) is 12.5 Å². The van der Waals surface area contributed by atoms with E-state index in [2.05, 4.69) is 12.2 Å². The molecular formula is C20H27NO4. The van der Waals surface area contributed by atoms with Gasteiger partial charge in [-0.1, -0.05) is 31.9 Å². The molecule has 2 atom stereocenters. The fraction of sp³-hybridized carbons (Fsp3) is 0.500. The lowest BCUT2D eigenvalue weighted by Crippen LogP contribution is -2.42. The first kappa shape index (κ1) is 19.0. The summed E-state index contributed by atoms with van der Waals surface area (Å²) in [6.45, 7) is 4.45. The van der Waals surface area contributed by atoms with E-state index in [1.165, 1.54) is 12.5 Å². The van der Waals surface area contributed by atoms with Crippen molar-refractivity contribution in [2.45, 2.75) is 45.6 Å². The van der Waals surface area contributed by atoms with Crippen LogP contribution >= 0.6 is 0 Å². The minimum Gasteiger partial charge on any atom is -0.494 e. The highest BCUT2D eigenvalue weighted by Crippen LogP contribution is 2.23. The summed E-state index contributed by atoms with van der Waals surface area (Å²) in [5, 5.41) is 2.96. The molecule has 0 radical (unpaired) electrons. The Morgan fingerprint density at radius 2 is 1.92 bits per heavy atom. The second-order valence-electron chi connectivity index (χ2n) is 6.38. The summed E-state index contributed by atoms with van der Waals surface area (Å²) in [5.74, 6) is 0.506. The second kappa shape index (κ2) is 9.87. The third-order valence-corrected chi connectivity index (χ3v) is 4.41. The Bertz CT molecular complexity index is 594. The van der Waals surface area contributed by atoms with Crippen LogP contribution in [0.4, 0.5) is 0 Å². The molecule has 0 spiro atoms. The topological polar surface area (TPSA) is 64.6 Å². The Labute approximate surface area is 149 Å². The molecule has 5 nitrogen and oxygen atoms in total. The highest BCUT2D eigenvalue weighted by molar-refractivity contribution is 5.89. The number of hydrogen-bond donors (Lipinski definition) is 1. The van der Waals surface area contributed by atoms with Crippen molar-refractivity contribution in [2.75, 3.05) is 13.2 Å². The van der Waals surface area contributed by atoms with Crippen LogP contribution in [0, 0.1) is 5.92 Å². The Morgan fingerprint density at radius 1 is 1.20 bits per heavy atom. The average molecular weight is 345 g/mol. The number of carbonyl (C=O) groups is 2. The van der Waals surface area contributed by atoms with Crippen LogP contribution < -0.4 is 10.1 Å². The maximum atomic E-state index is 11.9. The van der Waals surface area contributed by atoms with Gasteiger partial charge in [-0.3, -0.25) is 4.79 Å². The third kappa shape index (κ3) is 6.61. The molecule has 0 aliphatic heterocycles. The van der Waals surface area contributed by atoms with E-state index in [-0.39, 0.29) is 18.6 Å². The van der Waals surface area contributed by atoms with Gasteiger partial charge in [0.1, 0.15) is 5.75 Å². The van der Waals surface area contributed by atoms with Crippen molar-refractivity contribution in [3.63, 3.8) is 0 Å². The summed E-state index contributed by atoms with van der Waals surface area (Å²) < 4.78 is 10.4. The number of nitrogens with one attached hydrogen (secondary N) is 1. The van der Waals surface area contributed by atoms with Crippen LogP contribution in [0.15, 0.2) is 30.3 Å². The van der Waals surface area contributed by atoms with Crippen LogP contribution in [0.3, 0.4) is 0 Å². The standard InChI is InChI=1S/C20H27NO4/c1-3-24-17-11-8-16(9-12-17)10-13-20(23)25-14-19(22)21-18-7-5-4-6-15(18)2/h8-13,15,18H,3-7,14H2,1-2H3,(H,21,22)/b13-10+/t15-,18+/m0/s1. The molecule has 0 bridgehead atoms. The zero-order valence-corrected chi connectivity index (χ0v) is 15.0. The van der Waals surface area contributed by atoms with Crippen LogP contribution in [0.1, 0.15) is 45.1 Å². The highest BCUT2D eigenvalue weighted by Gasteiger charge is 2.22. The fourth-order valence-corrected chi connectivity index (χ4v) is 2.97. The van der Waals surface area contributed by atoms with Gasteiger partial charge >= 0.3 is 5.97 Å². The second-order valence-corrected chi connectivity index (χ2v) is 6.38. The molecule has 2 rings (SSSR count). The van der Waals surface area contributed by atoms with Gasteiger partial charge < -0.3 is 14.8 Å². The number of ether oxygens (including phenoxy) is 2. The molecule has 1 aromatic carbocycles. The minimum atomic E-state index is -0.527. The maximum absolute atomic E-state index is 11.9. The first-order valence-corrected chi connectivity index (χ1v) is 8.95. The molecule has 1 saturated carbocycles. The Morgan fingerprint density at radius 3 is 2.60 bits per heavy atom. The first-order chi connectivity index (χ1) is 12.1. The summed E-state index contributed by atoms with van der Waals surface area (Å²) in [6, 6.07) is 7.58. The van der Waals surface area contributed by atoms with E-state index < -0.39 is 5.97 Å². The average Bonchev–Trinajstić information content (AvgIpc) is 2.61. The van der Waals surface area contributed by atoms with E-state index in [9.17, 15) is 9.59 Å². The molecule has 0 aromatic heterocycles. The zero-order valence-electron chi connectivity index (χ0n) is 15.0. The van der Waals surface area contributed by atoms with Gasteiger partial charge in [0.15, 0.2) is 6.61 Å². The van der Waals surface area contributed by atoms with Crippen molar-refractivity contribution >= 4 is 18.0 Å². The summed E-state index contributed by atoms with van der Waals surface area (Å²) in [4.78, 5) is 23.6. The van der Waals surface area contributed by atoms with Gasteiger partial charge in [-0.15, -0.1) is 0 Å². The third-order valence-electron chi connectivity index (χ3n) is 4.41. The van der Waals surface area contributed by atoms with Crippen molar-refractivity contribution in [1.82, 2.24) is 5.32 Å².